The van der Waals surface area contributed by atoms with Gasteiger partial charge in [-0.2, -0.15) is 0 Å². The second kappa shape index (κ2) is 6.40. The summed E-state index contributed by atoms with van der Waals surface area (Å²) in [6.45, 7) is 3.45. The van der Waals surface area contributed by atoms with Crippen molar-refractivity contribution < 1.29 is 9.13 Å². The van der Waals surface area contributed by atoms with Crippen LogP contribution in [0.25, 0.3) is 0 Å². The van der Waals surface area contributed by atoms with Gasteiger partial charge in [-0.3, -0.25) is 16.2 Å². The monoisotopic (exact) mass is 293 g/mol. The SMILES string of the molecule is NNC(c1ccc(F)cc1)C1(N2CCOCC2)CCCC1. The quantitative estimate of drug-likeness (QED) is 0.658. The first-order valence-corrected chi connectivity index (χ1v) is 7.81. The molecule has 0 amide bonds. The van der Waals surface area contributed by atoms with Gasteiger partial charge in [-0.1, -0.05) is 25.0 Å². The fourth-order valence-electron chi connectivity index (χ4n) is 4.00. The zero-order valence-electron chi connectivity index (χ0n) is 12.4. The molecule has 116 valence electrons. The summed E-state index contributed by atoms with van der Waals surface area (Å²) in [4.78, 5) is 2.53. The fourth-order valence-corrected chi connectivity index (χ4v) is 4.00. The van der Waals surface area contributed by atoms with E-state index in [0.717, 1.165) is 44.7 Å². The molecule has 0 radical (unpaired) electrons. The lowest BCUT2D eigenvalue weighted by Gasteiger charge is -2.48. The molecule has 3 rings (SSSR count). The first-order chi connectivity index (χ1) is 10.3. The number of morpholine rings is 1. The van der Waals surface area contributed by atoms with Crippen molar-refractivity contribution in [2.24, 2.45) is 5.84 Å². The van der Waals surface area contributed by atoms with Crippen LogP contribution in [0.3, 0.4) is 0 Å². The maximum absolute atomic E-state index is 13.2. The summed E-state index contributed by atoms with van der Waals surface area (Å²) in [6, 6.07) is 6.75. The van der Waals surface area contributed by atoms with E-state index >= 15 is 0 Å². The highest BCUT2D eigenvalue weighted by atomic mass is 19.1. The minimum absolute atomic E-state index is 0.0242. The van der Waals surface area contributed by atoms with Crippen LogP contribution in [0.4, 0.5) is 4.39 Å². The predicted molar refractivity (Wildman–Crippen MR) is 80.1 cm³/mol. The second-order valence-corrected chi connectivity index (χ2v) is 6.06. The average molecular weight is 293 g/mol. The number of halogens is 1. The summed E-state index contributed by atoms with van der Waals surface area (Å²) in [6.07, 6.45) is 4.69. The molecule has 1 aromatic rings. The molecule has 0 spiro atoms. The lowest BCUT2D eigenvalue weighted by Crippen LogP contribution is -2.59. The molecule has 21 heavy (non-hydrogen) atoms. The van der Waals surface area contributed by atoms with Crippen molar-refractivity contribution >= 4 is 0 Å². The van der Waals surface area contributed by atoms with Gasteiger partial charge in [0.15, 0.2) is 0 Å². The van der Waals surface area contributed by atoms with E-state index in [1.807, 2.05) is 12.1 Å². The van der Waals surface area contributed by atoms with Crippen molar-refractivity contribution in [2.45, 2.75) is 37.3 Å². The molecule has 0 bridgehead atoms. The maximum atomic E-state index is 13.2. The Morgan fingerprint density at radius 1 is 1.14 bits per heavy atom. The number of hydrogen-bond acceptors (Lipinski definition) is 4. The number of hydrazine groups is 1. The third-order valence-electron chi connectivity index (χ3n) is 5.02. The van der Waals surface area contributed by atoms with E-state index in [1.54, 1.807) is 0 Å². The van der Waals surface area contributed by atoms with E-state index < -0.39 is 0 Å². The largest absolute Gasteiger partial charge is 0.379 e. The molecule has 1 aliphatic heterocycles. The standard InChI is InChI=1S/C16H24FN3O/c17-14-5-3-13(4-6-14)15(19-18)16(7-1-2-8-16)20-9-11-21-12-10-20/h3-6,15,19H,1-2,7-12,18H2. The highest BCUT2D eigenvalue weighted by Gasteiger charge is 2.46. The topological polar surface area (TPSA) is 50.5 Å². The van der Waals surface area contributed by atoms with Crippen molar-refractivity contribution in [3.8, 4) is 0 Å². The highest BCUT2D eigenvalue weighted by molar-refractivity contribution is 5.25. The summed E-state index contributed by atoms with van der Waals surface area (Å²) >= 11 is 0. The second-order valence-electron chi connectivity index (χ2n) is 6.06. The Kier molecular flexibility index (Phi) is 4.54. The van der Waals surface area contributed by atoms with E-state index in [9.17, 15) is 4.39 Å². The average Bonchev–Trinajstić information content (AvgIpc) is 3.01. The number of nitrogens with zero attached hydrogens (tertiary/aromatic N) is 1. The van der Waals surface area contributed by atoms with E-state index in [4.69, 9.17) is 10.6 Å². The van der Waals surface area contributed by atoms with Crippen LogP contribution in [0.2, 0.25) is 0 Å². The molecular weight excluding hydrogens is 269 g/mol. The van der Waals surface area contributed by atoms with Crippen LogP contribution in [-0.2, 0) is 4.74 Å². The lowest BCUT2D eigenvalue weighted by atomic mass is 9.82. The van der Waals surface area contributed by atoms with E-state index in [-0.39, 0.29) is 17.4 Å². The third-order valence-corrected chi connectivity index (χ3v) is 5.02. The number of benzene rings is 1. The molecule has 2 fully saturated rings. The van der Waals surface area contributed by atoms with E-state index in [0.29, 0.717) is 0 Å². The number of hydrogen-bond donors (Lipinski definition) is 2. The lowest BCUT2D eigenvalue weighted by molar-refractivity contribution is -0.0364. The minimum Gasteiger partial charge on any atom is -0.379 e. The van der Waals surface area contributed by atoms with Gasteiger partial charge >= 0.3 is 0 Å². The summed E-state index contributed by atoms with van der Waals surface area (Å²) in [5.74, 6) is 5.71. The summed E-state index contributed by atoms with van der Waals surface area (Å²) in [7, 11) is 0. The normalized spacial score (nSPS) is 24.1. The van der Waals surface area contributed by atoms with Crippen molar-refractivity contribution in [3.63, 3.8) is 0 Å². The first kappa shape index (κ1) is 14.9. The Morgan fingerprint density at radius 3 is 2.33 bits per heavy atom. The molecular formula is C16H24FN3O. The van der Waals surface area contributed by atoms with Crippen LogP contribution >= 0.6 is 0 Å². The van der Waals surface area contributed by atoms with Crippen molar-refractivity contribution in [1.29, 1.82) is 0 Å². The van der Waals surface area contributed by atoms with Gasteiger partial charge in [0, 0.05) is 18.6 Å². The van der Waals surface area contributed by atoms with Gasteiger partial charge in [0.05, 0.1) is 19.3 Å². The number of nitrogens with two attached hydrogens (primary N) is 1. The van der Waals surface area contributed by atoms with Gasteiger partial charge in [0.1, 0.15) is 5.82 Å². The molecule has 1 heterocycles. The Hall–Kier alpha value is -1.01. The summed E-state index contributed by atoms with van der Waals surface area (Å²) in [5.41, 5.74) is 4.10. The van der Waals surface area contributed by atoms with Crippen molar-refractivity contribution in [2.75, 3.05) is 26.3 Å². The smallest absolute Gasteiger partial charge is 0.123 e. The molecule has 1 aliphatic carbocycles. The Balaban J connectivity index is 1.91. The van der Waals surface area contributed by atoms with Gasteiger partial charge in [0.25, 0.3) is 0 Å². The highest BCUT2D eigenvalue weighted by Crippen LogP contribution is 2.44. The molecule has 3 N–H and O–H groups in total. The van der Waals surface area contributed by atoms with E-state index in [2.05, 4.69) is 10.3 Å². The van der Waals surface area contributed by atoms with Gasteiger partial charge in [-0.25, -0.2) is 4.39 Å². The fraction of sp³-hybridized carbons (Fsp3) is 0.625. The van der Waals surface area contributed by atoms with Gasteiger partial charge < -0.3 is 4.74 Å². The van der Waals surface area contributed by atoms with E-state index in [1.165, 1.54) is 25.0 Å². The van der Waals surface area contributed by atoms with Gasteiger partial charge in [-0.05, 0) is 30.5 Å². The summed E-state index contributed by atoms with van der Waals surface area (Å²) < 4.78 is 18.7. The predicted octanol–water partition coefficient (Wildman–Crippen LogP) is 1.98. The van der Waals surface area contributed by atoms with Crippen LogP contribution < -0.4 is 11.3 Å². The summed E-state index contributed by atoms with van der Waals surface area (Å²) in [5, 5.41) is 0. The zero-order valence-corrected chi connectivity index (χ0v) is 12.4. The van der Waals surface area contributed by atoms with Crippen molar-refractivity contribution in [3.05, 3.63) is 35.6 Å². The zero-order chi connectivity index (χ0) is 14.7. The minimum atomic E-state index is -0.207. The maximum Gasteiger partial charge on any atom is 0.123 e. The molecule has 5 heteroatoms. The number of nitrogens with one attached hydrogen (secondary N) is 1. The number of rotatable bonds is 4. The van der Waals surface area contributed by atoms with Crippen LogP contribution in [0, 0.1) is 5.82 Å². The molecule has 4 nitrogen and oxygen atoms in total. The Morgan fingerprint density at radius 2 is 1.76 bits per heavy atom. The molecule has 1 saturated carbocycles. The van der Waals surface area contributed by atoms with Crippen LogP contribution in [0.15, 0.2) is 24.3 Å². The molecule has 2 aliphatic rings. The third kappa shape index (κ3) is 2.83. The van der Waals surface area contributed by atoms with Crippen LogP contribution in [0.5, 0.6) is 0 Å². The Bertz CT molecular complexity index is 453. The molecule has 1 aromatic carbocycles. The molecule has 0 aromatic heterocycles. The number of ether oxygens (including phenoxy) is 1. The molecule has 1 atom stereocenters. The molecule has 1 unspecified atom stereocenters. The first-order valence-electron chi connectivity index (χ1n) is 7.81. The Labute approximate surface area is 125 Å². The van der Waals surface area contributed by atoms with Crippen LogP contribution in [0.1, 0.15) is 37.3 Å². The van der Waals surface area contributed by atoms with Gasteiger partial charge in [0.2, 0.25) is 0 Å². The van der Waals surface area contributed by atoms with Gasteiger partial charge in [-0.15, -0.1) is 0 Å². The van der Waals surface area contributed by atoms with Crippen molar-refractivity contribution in [1.82, 2.24) is 10.3 Å². The molecule has 1 saturated heterocycles. The van der Waals surface area contributed by atoms with Crippen LogP contribution in [-0.4, -0.2) is 36.7 Å².